The molecule has 164 valence electrons. The van der Waals surface area contributed by atoms with E-state index in [1.165, 1.54) is 11.4 Å². The number of nitrogens with one attached hydrogen (secondary N) is 1. The molecule has 1 amide bonds. The number of anilines is 1. The van der Waals surface area contributed by atoms with Crippen molar-refractivity contribution >= 4 is 11.6 Å². The first-order valence-corrected chi connectivity index (χ1v) is 8.15. The van der Waals surface area contributed by atoms with Crippen molar-refractivity contribution in [2.75, 3.05) is 5.32 Å². The Hall–Kier alpha value is -3.64. The van der Waals surface area contributed by atoms with E-state index in [1.54, 1.807) is 0 Å². The van der Waals surface area contributed by atoms with Crippen molar-refractivity contribution < 1.29 is 44.7 Å². The van der Waals surface area contributed by atoms with Gasteiger partial charge >= 0.3 is 6.18 Å². The van der Waals surface area contributed by atoms with Gasteiger partial charge in [0, 0.05) is 6.20 Å². The van der Waals surface area contributed by atoms with Crippen molar-refractivity contribution in [3.05, 3.63) is 76.9 Å². The molecule has 0 atom stereocenters. The molecule has 1 heterocycles. The summed E-state index contributed by atoms with van der Waals surface area (Å²) in [5, 5.41) is 5.20. The minimum atomic E-state index is -4.58. The third kappa shape index (κ3) is 4.59. The number of nitrogens with zero attached hydrogens (tertiary/aromatic N) is 2. The third-order valence-electron chi connectivity index (χ3n) is 3.85. The summed E-state index contributed by atoms with van der Waals surface area (Å²) in [6.07, 6.45) is -3.44. The van der Waals surface area contributed by atoms with Crippen molar-refractivity contribution in [1.82, 2.24) is 9.78 Å². The van der Waals surface area contributed by atoms with Crippen molar-refractivity contribution in [3.8, 4) is 5.75 Å². The maximum Gasteiger partial charge on any atom is 0.416 e. The van der Waals surface area contributed by atoms with Gasteiger partial charge in [-0.15, -0.1) is 0 Å². The average molecular weight is 451 g/mol. The van der Waals surface area contributed by atoms with Crippen molar-refractivity contribution in [1.29, 1.82) is 0 Å². The normalized spacial score (nSPS) is 11.5. The van der Waals surface area contributed by atoms with E-state index in [4.69, 9.17) is 4.74 Å². The van der Waals surface area contributed by atoms with Crippen molar-refractivity contribution in [2.24, 2.45) is 0 Å². The Morgan fingerprint density at radius 1 is 0.968 bits per heavy atom. The quantitative estimate of drug-likeness (QED) is 0.342. The molecule has 0 aliphatic rings. The molecular weight excluding hydrogens is 442 g/mol. The largest absolute Gasteiger partial charge is 0.471 e. The summed E-state index contributed by atoms with van der Waals surface area (Å²) in [4.78, 5) is 12.0. The monoisotopic (exact) mass is 451 g/mol. The fourth-order valence-electron chi connectivity index (χ4n) is 2.35. The van der Waals surface area contributed by atoms with Gasteiger partial charge in [-0.2, -0.15) is 18.3 Å². The zero-order chi connectivity index (χ0) is 22.9. The molecule has 13 heteroatoms. The van der Waals surface area contributed by atoms with Crippen LogP contribution in [-0.2, 0) is 12.9 Å². The van der Waals surface area contributed by atoms with Gasteiger partial charge in [-0.3, -0.25) is 4.79 Å². The Labute approximate surface area is 167 Å². The maximum absolute atomic E-state index is 13.6. The Bertz CT molecular complexity index is 1110. The Morgan fingerprint density at radius 3 is 2.19 bits per heavy atom. The molecule has 5 nitrogen and oxygen atoms in total. The van der Waals surface area contributed by atoms with E-state index in [9.17, 15) is 39.9 Å². The molecule has 0 unspecified atom stereocenters. The van der Waals surface area contributed by atoms with Crippen LogP contribution in [0.3, 0.4) is 0 Å². The number of hydrogen-bond acceptors (Lipinski definition) is 3. The van der Waals surface area contributed by atoms with E-state index < -0.39 is 64.8 Å². The van der Waals surface area contributed by atoms with Crippen LogP contribution in [0.5, 0.6) is 5.75 Å². The van der Waals surface area contributed by atoms with Crippen LogP contribution >= 0.6 is 0 Å². The maximum atomic E-state index is 13.6. The average Bonchev–Trinajstić information content (AvgIpc) is 3.21. The van der Waals surface area contributed by atoms with Crippen LogP contribution in [0.1, 0.15) is 16.1 Å². The Kier molecular flexibility index (Phi) is 5.86. The molecule has 2 aromatic carbocycles. The van der Waals surface area contributed by atoms with E-state index in [1.807, 2.05) is 0 Å². The fourth-order valence-corrected chi connectivity index (χ4v) is 2.35. The molecule has 3 rings (SSSR count). The number of rotatable bonds is 5. The van der Waals surface area contributed by atoms with Gasteiger partial charge in [0.2, 0.25) is 5.82 Å². The number of carbonyl (C=O) groups is 1. The molecule has 0 radical (unpaired) electrons. The lowest BCUT2D eigenvalue weighted by Crippen LogP contribution is -2.18. The summed E-state index contributed by atoms with van der Waals surface area (Å²) in [5.41, 5.74) is -3.00. The van der Waals surface area contributed by atoms with E-state index in [0.29, 0.717) is 0 Å². The summed E-state index contributed by atoms with van der Waals surface area (Å²) in [6, 6.07) is 4.96. The molecular formula is C18H9F8N3O2. The molecule has 31 heavy (non-hydrogen) atoms. The molecule has 3 aromatic rings. The van der Waals surface area contributed by atoms with Gasteiger partial charge in [-0.25, -0.2) is 26.6 Å². The predicted molar refractivity (Wildman–Crippen MR) is 88.5 cm³/mol. The minimum absolute atomic E-state index is 0.155. The Balaban J connectivity index is 1.71. The van der Waals surface area contributed by atoms with Crippen LogP contribution < -0.4 is 10.1 Å². The molecule has 1 aromatic heterocycles. The lowest BCUT2D eigenvalue weighted by atomic mass is 10.2. The first-order chi connectivity index (χ1) is 14.5. The van der Waals surface area contributed by atoms with Gasteiger partial charge in [0.05, 0.1) is 5.56 Å². The fraction of sp³-hybridized carbons (Fsp3) is 0.111. The Morgan fingerprint density at radius 2 is 1.58 bits per heavy atom. The van der Waals surface area contributed by atoms with Gasteiger partial charge in [0.15, 0.2) is 35.7 Å². The summed E-state index contributed by atoms with van der Waals surface area (Å²) >= 11 is 0. The second-order valence-corrected chi connectivity index (χ2v) is 5.94. The summed E-state index contributed by atoms with van der Waals surface area (Å²) in [5.74, 6) is -12.8. The first kappa shape index (κ1) is 22.1. The van der Waals surface area contributed by atoms with E-state index in [-0.39, 0.29) is 5.75 Å². The molecule has 0 aliphatic heterocycles. The highest BCUT2D eigenvalue weighted by Crippen LogP contribution is 2.31. The predicted octanol–water partition coefficient (Wildman–Crippen LogP) is 4.89. The highest BCUT2D eigenvalue weighted by atomic mass is 19.4. The topological polar surface area (TPSA) is 56.2 Å². The van der Waals surface area contributed by atoms with Crippen LogP contribution in [0.2, 0.25) is 0 Å². The summed E-state index contributed by atoms with van der Waals surface area (Å²) in [7, 11) is 0. The van der Waals surface area contributed by atoms with Gasteiger partial charge in [0.25, 0.3) is 5.91 Å². The molecule has 0 fully saturated rings. The van der Waals surface area contributed by atoms with Gasteiger partial charge in [0.1, 0.15) is 11.4 Å². The summed E-state index contributed by atoms with van der Waals surface area (Å²) in [6.45, 7) is -0.447. The molecule has 1 N–H and O–H groups in total. The van der Waals surface area contributed by atoms with Crippen LogP contribution in [0.15, 0.2) is 36.5 Å². The van der Waals surface area contributed by atoms with E-state index in [0.717, 1.165) is 35.1 Å². The number of aromatic nitrogens is 2. The molecule has 0 bridgehead atoms. The number of benzene rings is 2. The van der Waals surface area contributed by atoms with Crippen molar-refractivity contribution in [2.45, 2.75) is 12.9 Å². The first-order valence-electron chi connectivity index (χ1n) is 8.15. The second-order valence-electron chi connectivity index (χ2n) is 5.94. The lowest BCUT2D eigenvalue weighted by Gasteiger charge is -2.10. The lowest BCUT2D eigenvalue weighted by molar-refractivity contribution is -0.137. The number of amides is 1. The SMILES string of the molecule is O=C(Nc1c(F)c(F)c(F)c(F)c1F)c1ccn(COc2cccc(C(F)(F)F)c2)n1. The van der Waals surface area contributed by atoms with Crippen LogP contribution in [0.25, 0.3) is 0 Å². The zero-order valence-corrected chi connectivity index (χ0v) is 14.9. The second kappa shape index (κ2) is 8.24. The van der Waals surface area contributed by atoms with Crippen LogP contribution in [-0.4, -0.2) is 15.7 Å². The van der Waals surface area contributed by atoms with Gasteiger partial charge in [-0.1, -0.05) is 6.07 Å². The molecule has 0 saturated heterocycles. The molecule has 0 aliphatic carbocycles. The molecule has 0 spiro atoms. The van der Waals surface area contributed by atoms with Gasteiger partial charge < -0.3 is 10.1 Å². The summed E-state index contributed by atoms with van der Waals surface area (Å²) < 4.78 is 111. The van der Waals surface area contributed by atoms with Crippen LogP contribution in [0.4, 0.5) is 40.8 Å². The minimum Gasteiger partial charge on any atom is -0.471 e. The smallest absolute Gasteiger partial charge is 0.416 e. The standard InChI is InChI=1S/C18H9F8N3O2/c19-11-12(20)14(22)16(15(23)13(11)21)27-17(30)10-4-5-29(28-10)7-31-9-3-1-2-8(6-9)18(24,25)26/h1-6H,7H2,(H,27,30). The third-order valence-corrected chi connectivity index (χ3v) is 3.85. The number of carbonyl (C=O) groups excluding carboxylic acids is 1. The van der Waals surface area contributed by atoms with Crippen molar-refractivity contribution in [3.63, 3.8) is 0 Å². The van der Waals surface area contributed by atoms with E-state index >= 15 is 0 Å². The highest BCUT2D eigenvalue weighted by Gasteiger charge is 2.30. The number of hydrogen-bond donors (Lipinski definition) is 1. The van der Waals surface area contributed by atoms with E-state index in [2.05, 4.69) is 5.10 Å². The number of halogens is 8. The zero-order valence-electron chi connectivity index (χ0n) is 14.9. The highest BCUT2D eigenvalue weighted by molar-refractivity contribution is 6.02. The molecule has 0 saturated carbocycles. The number of alkyl halides is 3. The van der Waals surface area contributed by atoms with Crippen LogP contribution in [0, 0.1) is 29.1 Å². The van der Waals surface area contributed by atoms with Gasteiger partial charge in [-0.05, 0) is 24.3 Å². The number of ether oxygens (including phenoxy) is 1.